The second kappa shape index (κ2) is 4.63. The first kappa shape index (κ1) is 12.9. The monoisotopic (exact) mass is 348 g/mol. The molecule has 1 aliphatic carbocycles. The molecule has 2 nitrogen and oxygen atoms in total. The molecule has 2 rings (SSSR count). The van der Waals surface area contributed by atoms with Crippen molar-refractivity contribution in [2.75, 3.05) is 11.1 Å². The Kier molecular flexibility index (Phi) is 3.52. The molecule has 0 radical (unpaired) electrons. The van der Waals surface area contributed by atoms with Crippen LogP contribution in [0.1, 0.15) is 33.1 Å². The van der Waals surface area contributed by atoms with Gasteiger partial charge in [-0.3, -0.25) is 0 Å². The number of anilines is 2. The largest absolute Gasteiger partial charge is 0.397 e. The molecule has 17 heavy (non-hydrogen) atoms. The van der Waals surface area contributed by atoms with E-state index < -0.39 is 0 Å². The predicted molar refractivity (Wildman–Crippen MR) is 78.6 cm³/mol. The van der Waals surface area contributed by atoms with Gasteiger partial charge in [0.1, 0.15) is 5.82 Å². The van der Waals surface area contributed by atoms with E-state index in [1.807, 2.05) is 22.6 Å². The summed E-state index contributed by atoms with van der Waals surface area (Å²) in [5, 5.41) is 3.40. The van der Waals surface area contributed by atoms with Crippen molar-refractivity contribution >= 4 is 34.0 Å². The number of nitrogen functional groups attached to an aromatic ring is 1. The Morgan fingerprint density at radius 1 is 1.47 bits per heavy atom. The lowest BCUT2D eigenvalue weighted by Gasteiger charge is -2.29. The second-order valence-electron chi connectivity index (χ2n) is 5.43. The van der Waals surface area contributed by atoms with E-state index in [1.54, 1.807) is 6.07 Å². The van der Waals surface area contributed by atoms with Gasteiger partial charge in [0.05, 0.1) is 14.9 Å². The summed E-state index contributed by atoms with van der Waals surface area (Å²) in [5.41, 5.74) is 7.53. The Bertz CT molecular complexity index is 432. The molecule has 1 saturated carbocycles. The van der Waals surface area contributed by atoms with E-state index in [2.05, 4.69) is 19.2 Å². The van der Waals surface area contributed by atoms with E-state index in [1.165, 1.54) is 18.9 Å². The highest BCUT2D eigenvalue weighted by atomic mass is 127. The number of hydrogen-bond acceptors (Lipinski definition) is 2. The second-order valence-corrected chi connectivity index (χ2v) is 6.59. The smallest absolute Gasteiger partial charge is 0.138 e. The molecule has 3 N–H and O–H groups in total. The molecule has 1 aromatic carbocycles. The van der Waals surface area contributed by atoms with Crippen molar-refractivity contribution in [1.82, 2.24) is 0 Å². The fourth-order valence-electron chi connectivity index (χ4n) is 2.47. The van der Waals surface area contributed by atoms with E-state index in [0.717, 1.165) is 12.1 Å². The Morgan fingerprint density at radius 2 is 2.18 bits per heavy atom. The molecule has 0 heterocycles. The fraction of sp³-hybridized carbons (Fsp3) is 0.538. The minimum atomic E-state index is -0.210. The highest BCUT2D eigenvalue weighted by Gasteiger charge is 2.34. The lowest BCUT2D eigenvalue weighted by atomic mass is 9.87. The maximum atomic E-state index is 13.5. The van der Waals surface area contributed by atoms with Crippen LogP contribution in [-0.4, -0.2) is 6.04 Å². The zero-order valence-electron chi connectivity index (χ0n) is 10.2. The summed E-state index contributed by atoms with van der Waals surface area (Å²) in [4.78, 5) is 0. The first-order chi connectivity index (χ1) is 7.90. The van der Waals surface area contributed by atoms with Crippen LogP contribution < -0.4 is 11.1 Å². The highest BCUT2D eigenvalue weighted by molar-refractivity contribution is 14.1. The van der Waals surface area contributed by atoms with Gasteiger partial charge < -0.3 is 11.1 Å². The molecule has 1 atom stereocenters. The van der Waals surface area contributed by atoms with Crippen LogP contribution in [0, 0.1) is 14.8 Å². The van der Waals surface area contributed by atoms with Crippen LogP contribution in [0.2, 0.25) is 0 Å². The van der Waals surface area contributed by atoms with Crippen LogP contribution in [0.5, 0.6) is 0 Å². The van der Waals surface area contributed by atoms with Crippen LogP contribution in [-0.2, 0) is 0 Å². The average molecular weight is 348 g/mol. The number of benzene rings is 1. The van der Waals surface area contributed by atoms with Crippen molar-refractivity contribution in [3.8, 4) is 0 Å². The van der Waals surface area contributed by atoms with Crippen LogP contribution in [0.3, 0.4) is 0 Å². The van der Waals surface area contributed by atoms with Gasteiger partial charge >= 0.3 is 0 Å². The molecule has 4 heteroatoms. The normalized spacial score (nSPS) is 22.7. The van der Waals surface area contributed by atoms with Gasteiger partial charge in [-0.1, -0.05) is 20.3 Å². The first-order valence-electron chi connectivity index (χ1n) is 5.91. The van der Waals surface area contributed by atoms with Gasteiger partial charge in [0.25, 0.3) is 0 Å². The van der Waals surface area contributed by atoms with E-state index in [9.17, 15) is 4.39 Å². The molecular weight excluding hydrogens is 330 g/mol. The fourth-order valence-corrected chi connectivity index (χ4v) is 2.96. The summed E-state index contributed by atoms with van der Waals surface area (Å²) in [6.07, 6.45) is 3.55. The molecule has 0 spiro atoms. The van der Waals surface area contributed by atoms with Crippen molar-refractivity contribution in [3.05, 3.63) is 21.5 Å². The van der Waals surface area contributed by atoms with Crippen molar-refractivity contribution in [2.45, 2.75) is 39.2 Å². The van der Waals surface area contributed by atoms with Crippen molar-refractivity contribution in [3.63, 3.8) is 0 Å². The topological polar surface area (TPSA) is 38.0 Å². The van der Waals surface area contributed by atoms with Gasteiger partial charge in [0.15, 0.2) is 0 Å². The van der Waals surface area contributed by atoms with Gasteiger partial charge in [0.2, 0.25) is 0 Å². The minimum absolute atomic E-state index is 0.210. The van der Waals surface area contributed by atoms with E-state index in [0.29, 0.717) is 15.3 Å². The Morgan fingerprint density at radius 3 is 2.76 bits per heavy atom. The molecule has 1 aromatic rings. The number of halogens is 2. The van der Waals surface area contributed by atoms with Gasteiger partial charge in [-0.2, -0.15) is 0 Å². The summed E-state index contributed by atoms with van der Waals surface area (Å²) in [7, 11) is 0. The quantitative estimate of drug-likeness (QED) is 0.626. The number of rotatable bonds is 2. The summed E-state index contributed by atoms with van der Waals surface area (Å²) < 4.78 is 14.1. The van der Waals surface area contributed by atoms with Gasteiger partial charge in [-0.05, 0) is 46.9 Å². The molecular formula is C13H18FIN2. The van der Waals surface area contributed by atoms with Crippen molar-refractivity contribution in [1.29, 1.82) is 0 Å². The third-order valence-corrected chi connectivity index (χ3v) is 4.51. The maximum Gasteiger partial charge on any atom is 0.138 e. The third kappa shape index (κ3) is 2.67. The zero-order chi connectivity index (χ0) is 12.6. The molecule has 1 unspecified atom stereocenters. The van der Waals surface area contributed by atoms with Crippen LogP contribution >= 0.6 is 22.6 Å². The Labute approximate surface area is 115 Å². The zero-order valence-corrected chi connectivity index (χ0v) is 12.3. The van der Waals surface area contributed by atoms with Crippen molar-refractivity contribution in [2.24, 2.45) is 5.41 Å². The average Bonchev–Trinajstić information content (AvgIpc) is 2.55. The predicted octanol–water partition coefficient (Wildman–Crippen LogP) is 4.00. The van der Waals surface area contributed by atoms with Gasteiger partial charge in [-0.15, -0.1) is 0 Å². The number of nitrogens with one attached hydrogen (secondary N) is 1. The standard InChI is InChI=1S/C13H18FIN2/c1-13(2)5-3-4-12(13)17-11-6-8(14)9(15)7-10(11)16/h6-7,12,17H,3-5,16H2,1-2H3. The Balaban J connectivity index is 2.22. The minimum Gasteiger partial charge on any atom is -0.397 e. The molecule has 0 amide bonds. The van der Waals surface area contributed by atoms with Gasteiger partial charge in [0, 0.05) is 12.1 Å². The summed E-state index contributed by atoms with van der Waals surface area (Å²) in [5.74, 6) is -0.210. The SMILES string of the molecule is CC1(C)CCCC1Nc1cc(F)c(I)cc1N. The van der Waals surface area contributed by atoms with Gasteiger partial charge in [-0.25, -0.2) is 4.39 Å². The number of hydrogen-bond donors (Lipinski definition) is 2. The lowest BCUT2D eigenvalue weighted by Crippen LogP contribution is -2.31. The summed E-state index contributed by atoms with van der Waals surface area (Å²) in [6, 6.07) is 3.57. The molecule has 0 aliphatic heterocycles. The van der Waals surface area contributed by atoms with Crippen LogP contribution in [0.15, 0.2) is 12.1 Å². The summed E-state index contributed by atoms with van der Waals surface area (Å²) >= 11 is 1.96. The molecule has 0 aromatic heterocycles. The van der Waals surface area contributed by atoms with E-state index >= 15 is 0 Å². The number of nitrogens with two attached hydrogens (primary N) is 1. The van der Waals surface area contributed by atoms with Crippen molar-refractivity contribution < 1.29 is 4.39 Å². The summed E-state index contributed by atoms with van der Waals surface area (Å²) in [6.45, 7) is 4.49. The third-order valence-electron chi connectivity index (χ3n) is 3.68. The maximum absolute atomic E-state index is 13.5. The Hall–Kier alpha value is -0.520. The molecule has 1 fully saturated rings. The van der Waals surface area contributed by atoms with E-state index in [4.69, 9.17) is 5.73 Å². The highest BCUT2D eigenvalue weighted by Crippen LogP contribution is 2.40. The molecule has 0 bridgehead atoms. The molecule has 1 aliphatic rings. The molecule has 94 valence electrons. The molecule has 0 saturated heterocycles. The lowest BCUT2D eigenvalue weighted by molar-refractivity contribution is 0.350. The van der Waals surface area contributed by atoms with Crippen LogP contribution in [0.25, 0.3) is 0 Å². The first-order valence-corrected chi connectivity index (χ1v) is 6.99. The van der Waals surface area contributed by atoms with E-state index in [-0.39, 0.29) is 11.2 Å². The van der Waals surface area contributed by atoms with Crippen LogP contribution in [0.4, 0.5) is 15.8 Å².